The van der Waals surface area contributed by atoms with Gasteiger partial charge in [-0.3, -0.25) is 14.9 Å². The molecule has 1 saturated heterocycles. The van der Waals surface area contributed by atoms with Crippen molar-refractivity contribution in [1.29, 1.82) is 0 Å². The van der Waals surface area contributed by atoms with Gasteiger partial charge in [0, 0.05) is 60.3 Å². The molecule has 0 unspecified atom stereocenters. The number of benzene rings is 2. The number of hydrogen-bond donors (Lipinski definition) is 4. The zero-order valence-electron chi connectivity index (χ0n) is 19.0. The maximum atomic E-state index is 13.0. The van der Waals surface area contributed by atoms with E-state index in [4.69, 9.17) is 5.73 Å². The molecule has 9 heteroatoms. The second-order valence-electron chi connectivity index (χ2n) is 8.94. The molecule has 0 radical (unpaired) electrons. The molecular formula is C25H28N6O2S. The van der Waals surface area contributed by atoms with Crippen molar-refractivity contribution >= 4 is 39.7 Å². The van der Waals surface area contributed by atoms with Crippen LogP contribution in [-0.2, 0) is 17.8 Å². The number of amides is 2. The van der Waals surface area contributed by atoms with E-state index >= 15 is 0 Å². The van der Waals surface area contributed by atoms with Gasteiger partial charge in [-0.25, -0.2) is 4.98 Å². The van der Waals surface area contributed by atoms with Gasteiger partial charge >= 0.3 is 0 Å². The number of fused-ring (bicyclic) bond motifs is 1. The lowest BCUT2D eigenvalue weighted by molar-refractivity contribution is -0.119. The van der Waals surface area contributed by atoms with Gasteiger partial charge in [0.2, 0.25) is 5.91 Å². The number of likely N-dealkylation sites (N-methyl/N-ethyl adjacent to an activating group) is 1. The van der Waals surface area contributed by atoms with Gasteiger partial charge in [0.15, 0.2) is 5.13 Å². The number of carbonyl (C=O) groups is 2. The van der Waals surface area contributed by atoms with Crippen LogP contribution in [0.2, 0.25) is 0 Å². The van der Waals surface area contributed by atoms with Gasteiger partial charge in [0.1, 0.15) is 0 Å². The molecule has 0 spiro atoms. The summed E-state index contributed by atoms with van der Waals surface area (Å²) in [5, 5.41) is 9.89. The van der Waals surface area contributed by atoms with Crippen LogP contribution in [0, 0.1) is 5.92 Å². The highest BCUT2D eigenvalue weighted by molar-refractivity contribution is 7.15. The zero-order valence-corrected chi connectivity index (χ0v) is 19.8. The smallest absolute Gasteiger partial charge is 0.257 e. The third-order valence-corrected chi connectivity index (χ3v) is 7.42. The number of nitrogens with two attached hydrogens (primary N) is 1. The minimum atomic E-state index is -0.248. The third kappa shape index (κ3) is 4.82. The molecule has 34 heavy (non-hydrogen) atoms. The topological polar surface area (TPSA) is 112 Å². The first-order chi connectivity index (χ1) is 16.5. The molecule has 3 heterocycles. The van der Waals surface area contributed by atoms with E-state index in [0.29, 0.717) is 35.2 Å². The first-order valence-corrected chi connectivity index (χ1v) is 12.2. The Labute approximate surface area is 202 Å². The van der Waals surface area contributed by atoms with E-state index < -0.39 is 0 Å². The van der Waals surface area contributed by atoms with Crippen LogP contribution in [0.25, 0.3) is 0 Å². The maximum Gasteiger partial charge on any atom is 0.257 e. The summed E-state index contributed by atoms with van der Waals surface area (Å²) in [5.41, 5.74) is 9.72. The molecule has 8 nitrogen and oxygen atoms in total. The molecule has 2 aliphatic rings. The minimum absolute atomic E-state index is 0.0310. The Kier molecular flexibility index (Phi) is 6.32. The minimum Gasteiger partial charge on any atom is -0.399 e. The summed E-state index contributed by atoms with van der Waals surface area (Å²) in [6, 6.07) is 14.7. The van der Waals surface area contributed by atoms with E-state index in [2.05, 4.69) is 32.9 Å². The Hall–Kier alpha value is -3.27. The lowest BCUT2D eigenvalue weighted by Gasteiger charge is -2.20. The highest BCUT2D eigenvalue weighted by Gasteiger charge is 2.34. The van der Waals surface area contributed by atoms with Crippen LogP contribution in [0.1, 0.15) is 32.4 Å². The van der Waals surface area contributed by atoms with E-state index in [1.807, 2.05) is 30.3 Å². The average molecular weight is 477 g/mol. The molecule has 0 aliphatic carbocycles. The molecule has 2 aromatic carbocycles. The second kappa shape index (κ2) is 9.54. The molecule has 5 N–H and O–H groups in total. The van der Waals surface area contributed by atoms with Crippen LogP contribution < -0.4 is 21.7 Å². The van der Waals surface area contributed by atoms with Gasteiger partial charge in [0.05, 0.1) is 11.6 Å². The van der Waals surface area contributed by atoms with E-state index in [9.17, 15) is 9.59 Å². The van der Waals surface area contributed by atoms with E-state index in [0.717, 1.165) is 30.8 Å². The summed E-state index contributed by atoms with van der Waals surface area (Å²) < 4.78 is 0. The largest absolute Gasteiger partial charge is 0.399 e. The number of nitrogen functional groups attached to an aromatic ring is 1. The monoisotopic (exact) mass is 476 g/mol. The van der Waals surface area contributed by atoms with E-state index in [-0.39, 0.29) is 23.7 Å². The van der Waals surface area contributed by atoms with Crippen molar-refractivity contribution in [1.82, 2.24) is 15.2 Å². The van der Waals surface area contributed by atoms with Gasteiger partial charge in [-0.2, -0.15) is 0 Å². The summed E-state index contributed by atoms with van der Waals surface area (Å²) in [6.45, 7) is 3.10. The first-order valence-electron chi connectivity index (χ1n) is 11.4. The Morgan fingerprint density at radius 2 is 2.00 bits per heavy atom. The Balaban J connectivity index is 1.29. The summed E-state index contributed by atoms with van der Waals surface area (Å²) >= 11 is 1.54. The highest BCUT2D eigenvalue weighted by Crippen LogP contribution is 2.31. The van der Waals surface area contributed by atoms with Crippen molar-refractivity contribution in [2.24, 2.45) is 5.92 Å². The molecule has 176 valence electrons. The predicted octanol–water partition coefficient (Wildman–Crippen LogP) is 2.91. The predicted molar refractivity (Wildman–Crippen MR) is 135 cm³/mol. The standard InChI is InChI=1S/C25H28N6O2S/c1-31-9-8-21-22(14-31)34-25(29-21)30-23(32)16-5-2-4-15(10-16)19-12-27-13-20(19)24(33)28-18-7-3-6-17(26)11-18/h2-7,10-11,19-20,27H,8-9,12-14,26H2,1H3,(H,28,33)(H,29,30,32)/t19-,20+/m1/s1. The molecule has 3 aromatic rings. The van der Waals surface area contributed by atoms with Crippen molar-refractivity contribution < 1.29 is 9.59 Å². The molecular weight excluding hydrogens is 448 g/mol. The fraction of sp³-hybridized carbons (Fsp3) is 0.320. The molecule has 2 amide bonds. The number of carbonyl (C=O) groups excluding carboxylic acids is 2. The number of thiazole rings is 1. The summed E-state index contributed by atoms with van der Waals surface area (Å²) in [6.07, 6.45) is 0.904. The number of anilines is 3. The average Bonchev–Trinajstić information content (AvgIpc) is 3.46. The van der Waals surface area contributed by atoms with Gasteiger partial charge in [-0.15, -0.1) is 11.3 Å². The first kappa shape index (κ1) is 22.5. The normalized spacial score (nSPS) is 20.0. The quantitative estimate of drug-likeness (QED) is 0.421. The molecule has 1 fully saturated rings. The summed E-state index contributed by atoms with van der Waals surface area (Å²) in [7, 11) is 2.09. The number of nitrogens with one attached hydrogen (secondary N) is 3. The van der Waals surface area contributed by atoms with Crippen molar-refractivity contribution in [3.63, 3.8) is 0 Å². The van der Waals surface area contributed by atoms with E-state index in [1.165, 1.54) is 4.88 Å². The van der Waals surface area contributed by atoms with Gasteiger partial charge in [0.25, 0.3) is 5.91 Å². The lowest BCUT2D eigenvalue weighted by atomic mass is 9.87. The number of aromatic nitrogens is 1. The van der Waals surface area contributed by atoms with Crippen molar-refractivity contribution in [2.75, 3.05) is 43.0 Å². The molecule has 0 bridgehead atoms. The fourth-order valence-electron chi connectivity index (χ4n) is 4.61. The molecule has 5 rings (SSSR count). The summed E-state index contributed by atoms with van der Waals surface area (Å²) in [5.74, 6) is -0.527. The zero-order chi connectivity index (χ0) is 23.7. The summed E-state index contributed by atoms with van der Waals surface area (Å²) in [4.78, 5) is 34.1. The Morgan fingerprint density at radius 3 is 2.85 bits per heavy atom. The van der Waals surface area contributed by atoms with Crippen molar-refractivity contribution in [3.05, 3.63) is 70.2 Å². The molecule has 2 atom stereocenters. The number of hydrogen-bond acceptors (Lipinski definition) is 7. The van der Waals surface area contributed by atoms with Crippen LogP contribution in [0.4, 0.5) is 16.5 Å². The Bertz CT molecular complexity index is 1230. The van der Waals surface area contributed by atoms with Crippen LogP contribution in [0.3, 0.4) is 0 Å². The van der Waals surface area contributed by atoms with Gasteiger partial charge < -0.3 is 21.3 Å². The number of nitrogens with zero attached hydrogens (tertiary/aromatic N) is 2. The maximum absolute atomic E-state index is 13.0. The SMILES string of the molecule is CN1CCc2nc(NC(=O)c3cccc([C@H]4CNC[C@@H]4C(=O)Nc4cccc(N)c4)c3)sc2C1. The van der Waals surface area contributed by atoms with Crippen LogP contribution in [0.15, 0.2) is 48.5 Å². The van der Waals surface area contributed by atoms with Crippen LogP contribution in [-0.4, -0.2) is 48.4 Å². The Morgan fingerprint density at radius 1 is 1.15 bits per heavy atom. The number of rotatable bonds is 5. The second-order valence-corrected chi connectivity index (χ2v) is 10.0. The van der Waals surface area contributed by atoms with E-state index in [1.54, 1.807) is 29.5 Å². The molecule has 1 aromatic heterocycles. The molecule has 0 saturated carbocycles. The van der Waals surface area contributed by atoms with Crippen LogP contribution in [0.5, 0.6) is 0 Å². The third-order valence-electron chi connectivity index (χ3n) is 6.42. The van der Waals surface area contributed by atoms with Crippen molar-refractivity contribution in [2.45, 2.75) is 18.9 Å². The van der Waals surface area contributed by atoms with Gasteiger partial charge in [-0.1, -0.05) is 18.2 Å². The van der Waals surface area contributed by atoms with Crippen molar-refractivity contribution in [3.8, 4) is 0 Å². The molecule has 2 aliphatic heterocycles. The highest BCUT2D eigenvalue weighted by atomic mass is 32.1. The lowest BCUT2D eigenvalue weighted by Crippen LogP contribution is -2.28. The van der Waals surface area contributed by atoms with Gasteiger partial charge in [-0.05, 0) is 42.9 Å². The fourth-order valence-corrected chi connectivity index (χ4v) is 5.70. The van der Waals surface area contributed by atoms with Crippen LogP contribution >= 0.6 is 11.3 Å².